The van der Waals surface area contributed by atoms with Gasteiger partial charge in [-0.1, -0.05) is 0 Å². The number of carboxylic acid groups (broad SMARTS) is 2. The fourth-order valence-corrected chi connectivity index (χ4v) is 2.76. The molecule has 3 unspecified atom stereocenters. The van der Waals surface area contributed by atoms with Crippen LogP contribution >= 0.6 is 11.8 Å². The number of thioether (sulfide) groups is 1. The van der Waals surface area contributed by atoms with Crippen LogP contribution in [-0.4, -0.2) is 82.5 Å². The molecular weight excluding hydrogens is 434 g/mol. The minimum atomic E-state index is -1.38. The van der Waals surface area contributed by atoms with Crippen molar-refractivity contribution in [1.29, 1.82) is 0 Å². The summed E-state index contributed by atoms with van der Waals surface area (Å²) >= 11 is 1.48. The minimum Gasteiger partial charge on any atom is -0.481 e. The zero-order valence-corrected chi connectivity index (χ0v) is 17.9. The second-order valence-electron chi connectivity index (χ2n) is 6.56. The first-order valence-electron chi connectivity index (χ1n) is 9.32. The van der Waals surface area contributed by atoms with E-state index >= 15 is 0 Å². The predicted molar refractivity (Wildman–Crippen MR) is 111 cm³/mol. The maximum atomic E-state index is 12.3. The lowest BCUT2D eigenvalue weighted by Crippen LogP contribution is -2.53. The van der Waals surface area contributed by atoms with E-state index in [0.717, 1.165) is 0 Å². The van der Waals surface area contributed by atoms with E-state index in [2.05, 4.69) is 16.0 Å². The summed E-state index contributed by atoms with van der Waals surface area (Å²) in [6.07, 6.45) is 1.05. The Morgan fingerprint density at radius 1 is 0.903 bits per heavy atom. The van der Waals surface area contributed by atoms with Gasteiger partial charge in [0.25, 0.3) is 0 Å². The van der Waals surface area contributed by atoms with Crippen LogP contribution in [0.25, 0.3) is 0 Å². The summed E-state index contributed by atoms with van der Waals surface area (Å²) in [5, 5.41) is 24.6. The van der Waals surface area contributed by atoms with Crippen LogP contribution in [0, 0.1) is 0 Å². The predicted octanol–water partition coefficient (Wildman–Crippen LogP) is -2.63. The third kappa shape index (κ3) is 13.1. The molecule has 0 fully saturated rings. The quantitative estimate of drug-likeness (QED) is 0.126. The molecule has 0 aliphatic heterocycles. The normalized spacial score (nSPS) is 13.4. The number of primary amides is 1. The molecule has 0 aliphatic carbocycles. The van der Waals surface area contributed by atoms with Gasteiger partial charge >= 0.3 is 11.9 Å². The topological polar surface area (TPSA) is 231 Å². The van der Waals surface area contributed by atoms with Crippen molar-refractivity contribution in [2.75, 3.05) is 18.6 Å². The van der Waals surface area contributed by atoms with Crippen LogP contribution in [0.3, 0.4) is 0 Å². The number of nitrogens with one attached hydrogen (secondary N) is 3. The average molecular weight is 464 g/mol. The molecule has 0 radical (unpaired) electrons. The first-order valence-corrected chi connectivity index (χ1v) is 10.7. The fraction of sp³-hybridized carbons (Fsp3) is 0.647. The van der Waals surface area contributed by atoms with Crippen LogP contribution in [0.15, 0.2) is 0 Å². The molecule has 0 aromatic heterocycles. The Balaban J connectivity index is 4.86. The van der Waals surface area contributed by atoms with Gasteiger partial charge in [0, 0.05) is 12.8 Å². The smallest absolute Gasteiger partial charge is 0.326 e. The van der Waals surface area contributed by atoms with Crippen molar-refractivity contribution in [2.45, 2.75) is 50.2 Å². The second kappa shape index (κ2) is 15.0. The van der Waals surface area contributed by atoms with Gasteiger partial charge in [0.05, 0.1) is 12.6 Å². The average Bonchev–Trinajstić information content (AvgIpc) is 2.69. The number of hydrogen-bond acceptors (Lipinski definition) is 8. The third-order valence-electron chi connectivity index (χ3n) is 3.99. The van der Waals surface area contributed by atoms with Gasteiger partial charge in [0.2, 0.25) is 23.6 Å². The number of hydrogen-bond donors (Lipinski definition) is 7. The number of carboxylic acids is 2. The van der Waals surface area contributed by atoms with E-state index in [4.69, 9.17) is 21.7 Å². The molecule has 0 aliphatic rings. The van der Waals surface area contributed by atoms with E-state index in [1.165, 1.54) is 11.8 Å². The summed E-state index contributed by atoms with van der Waals surface area (Å²) in [5.41, 5.74) is 10.7. The van der Waals surface area contributed by atoms with Crippen LogP contribution in [0.5, 0.6) is 0 Å². The monoisotopic (exact) mass is 463 g/mol. The van der Waals surface area contributed by atoms with E-state index in [1.807, 2.05) is 6.26 Å². The van der Waals surface area contributed by atoms with E-state index < -0.39 is 66.7 Å². The molecule has 0 heterocycles. The van der Waals surface area contributed by atoms with Crippen molar-refractivity contribution in [2.24, 2.45) is 11.5 Å². The molecule has 14 heteroatoms. The van der Waals surface area contributed by atoms with Gasteiger partial charge in [-0.15, -0.1) is 0 Å². The maximum absolute atomic E-state index is 12.3. The highest BCUT2D eigenvalue weighted by Crippen LogP contribution is 2.03. The molecule has 0 saturated carbocycles. The van der Waals surface area contributed by atoms with Crippen LogP contribution in [0.1, 0.15) is 32.1 Å². The molecule has 0 spiro atoms. The summed E-state index contributed by atoms with van der Waals surface area (Å²) in [5.74, 6) is -5.01. The Hall–Kier alpha value is -2.87. The highest BCUT2D eigenvalue weighted by molar-refractivity contribution is 7.98. The van der Waals surface area contributed by atoms with Crippen LogP contribution < -0.4 is 27.4 Å². The Morgan fingerprint density at radius 2 is 1.52 bits per heavy atom. The van der Waals surface area contributed by atoms with Crippen molar-refractivity contribution in [3.8, 4) is 0 Å². The highest BCUT2D eigenvalue weighted by Gasteiger charge is 2.25. The Kier molecular flexibility index (Phi) is 13.6. The molecule has 0 saturated heterocycles. The van der Waals surface area contributed by atoms with E-state index in [9.17, 15) is 28.8 Å². The van der Waals surface area contributed by atoms with Crippen molar-refractivity contribution >= 4 is 47.3 Å². The summed E-state index contributed by atoms with van der Waals surface area (Å²) in [6, 6.07) is -3.52. The van der Waals surface area contributed by atoms with E-state index in [1.54, 1.807) is 0 Å². The lowest BCUT2D eigenvalue weighted by atomic mass is 10.1. The number of rotatable bonds is 16. The number of amides is 4. The van der Waals surface area contributed by atoms with Gasteiger partial charge in [-0.05, 0) is 31.3 Å². The summed E-state index contributed by atoms with van der Waals surface area (Å²) in [7, 11) is 0. The molecule has 0 aromatic carbocycles. The van der Waals surface area contributed by atoms with Gasteiger partial charge in [-0.25, -0.2) is 4.79 Å². The third-order valence-corrected chi connectivity index (χ3v) is 4.63. The lowest BCUT2D eigenvalue weighted by Gasteiger charge is -2.20. The Labute approximate surface area is 183 Å². The first-order chi connectivity index (χ1) is 14.5. The lowest BCUT2D eigenvalue weighted by molar-refractivity contribution is -0.142. The standard InChI is InChI=1S/C17H29N5O8S/c1-31-7-6-9(18)15(27)22-10(3-5-14(25)26)16(28)20-8-13(24)21-11(17(29)30)2-4-12(19)23/h9-11H,2-8,18H2,1H3,(H2,19,23)(H,20,28)(H,21,24)(H,22,27)(H,25,26)(H,29,30). The van der Waals surface area contributed by atoms with Gasteiger partial charge < -0.3 is 37.6 Å². The van der Waals surface area contributed by atoms with E-state index in [-0.39, 0.29) is 19.3 Å². The Bertz CT molecular complexity index is 675. The molecule has 31 heavy (non-hydrogen) atoms. The molecule has 0 rings (SSSR count). The number of carbonyl (C=O) groups is 6. The van der Waals surface area contributed by atoms with Crippen LogP contribution in [-0.2, 0) is 28.8 Å². The molecule has 13 nitrogen and oxygen atoms in total. The number of carbonyl (C=O) groups excluding carboxylic acids is 4. The number of aliphatic carboxylic acids is 2. The molecule has 176 valence electrons. The SMILES string of the molecule is CSCCC(N)C(=O)NC(CCC(=O)O)C(=O)NCC(=O)NC(CCC(N)=O)C(=O)O. The molecular formula is C17H29N5O8S. The highest BCUT2D eigenvalue weighted by atomic mass is 32.2. The zero-order valence-electron chi connectivity index (χ0n) is 17.1. The molecule has 9 N–H and O–H groups in total. The minimum absolute atomic E-state index is 0.227. The van der Waals surface area contributed by atoms with Gasteiger partial charge in [-0.3, -0.25) is 24.0 Å². The molecule has 4 amide bonds. The van der Waals surface area contributed by atoms with Crippen molar-refractivity contribution in [1.82, 2.24) is 16.0 Å². The second-order valence-corrected chi connectivity index (χ2v) is 7.55. The summed E-state index contributed by atoms with van der Waals surface area (Å²) in [4.78, 5) is 69.2. The van der Waals surface area contributed by atoms with Gasteiger partial charge in [0.1, 0.15) is 12.1 Å². The van der Waals surface area contributed by atoms with E-state index in [0.29, 0.717) is 12.2 Å². The van der Waals surface area contributed by atoms with Crippen molar-refractivity contribution < 1.29 is 39.0 Å². The first kappa shape index (κ1) is 28.1. The van der Waals surface area contributed by atoms with Gasteiger partial charge in [-0.2, -0.15) is 11.8 Å². The Morgan fingerprint density at radius 3 is 2.03 bits per heavy atom. The van der Waals surface area contributed by atoms with Crippen molar-refractivity contribution in [3.05, 3.63) is 0 Å². The molecule has 3 atom stereocenters. The summed E-state index contributed by atoms with van der Waals surface area (Å²) < 4.78 is 0. The summed E-state index contributed by atoms with van der Waals surface area (Å²) in [6.45, 7) is -0.628. The molecule has 0 bridgehead atoms. The fourth-order valence-electron chi connectivity index (χ4n) is 2.27. The zero-order chi connectivity index (χ0) is 24.0. The van der Waals surface area contributed by atoms with Crippen molar-refractivity contribution in [3.63, 3.8) is 0 Å². The van der Waals surface area contributed by atoms with Gasteiger partial charge in [0.15, 0.2) is 0 Å². The number of nitrogens with two attached hydrogens (primary N) is 2. The molecule has 0 aromatic rings. The maximum Gasteiger partial charge on any atom is 0.326 e. The van der Waals surface area contributed by atoms with Crippen LogP contribution in [0.2, 0.25) is 0 Å². The van der Waals surface area contributed by atoms with Crippen LogP contribution in [0.4, 0.5) is 0 Å². The largest absolute Gasteiger partial charge is 0.481 e.